The monoisotopic (exact) mass is 414 g/mol. The molecule has 1 heterocycles. The van der Waals surface area contributed by atoms with Gasteiger partial charge in [0, 0.05) is 6.61 Å². The number of sulfone groups is 1. The van der Waals surface area contributed by atoms with E-state index in [1.54, 1.807) is 6.92 Å². The van der Waals surface area contributed by atoms with E-state index in [4.69, 9.17) is 16.3 Å². The standard InChI is InChI=1S/C18H23ClN2O5S/c1-11-4-3-5-13(11)20-17(23)21-14-7-6-12(19)16(15(14)22)27(24,25)18(2)8-9-26-10-18/h4,6-7,13,22H,3,5,8-10H2,1-2H3,(H2,20,21,23). The molecule has 2 aliphatic rings. The lowest BCUT2D eigenvalue weighted by atomic mass is 10.1. The van der Waals surface area contributed by atoms with E-state index in [1.807, 2.05) is 6.92 Å². The summed E-state index contributed by atoms with van der Waals surface area (Å²) in [7, 11) is -3.98. The minimum absolute atomic E-state index is 0.0161. The van der Waals surface area contributed by atoms with Gasteiger partial charge >= 0.3 is 6.03 Å². The lowest BCUT2D eigenvalue weighted by molar-refractivity contribution is 0.191. The first-order valence-corrected chi connectivity index (χ1v) is 10.6. The summed E-state index contributed by atoms with van der Waals surface area (Å²) in [6, 6.07) is 2.13. The molecule has 1 aliphatic heterocycles. The average molecular weight is 415 g/mol. The zero-order chi connectivity index (χ0) is 19.8. The summed E-state index contributed by atoms with van der Waals surface area (Å²) in [4.78, 5) is 11.9. The number of nitrogens with one attached hydrogen (secondary N) is 2. The van der Waals surface area contributed by atoms with Gasteiger partial charge < -0.3 is 20.5 Å². The molecule has 1 aliphatic carbocycles. The van der Waals surface area contributed by atoms with E-state index in [1.165, 1.54) is 12.1 Å². The van der Waals surface area contributed by atoms with E-state index in [-0.39, 0.29) is 28.3 Å². The van der Waals surface area contributed by atoms with Crippen LogP contribution in [0.25, 0.3) is 0 Å². The number of hydrogen-bond acceptors (Lipinski definition) is 5. The number of phenolic OH excluding ortho intramolecular Hbond substituents is 1. The average Bonchev–Trinajstić information content (AvgIpc) is 3.20. The Bertz CT molecular complexity index is 891. The van der Waals surface area contributed by atoms with Crippen LogP contribution in [0.1, 0.15) is 33.1 Å². The smallest absolute Gasteiger partial charge is 0.319 e. The number of rotatable bonds is 4. The van der Waals surface area contributed by atoms with Crippen molar-refractivity contribution in [3.63, 3.8) is 0 Å². The van der Waals surface area contributed by atoms with Crippen molar-refractivity contribution in [3.8, 4) is 5.75 Å². The molecule has 0 radical (unpaired) electrons. The number of halogens is 1. The van der Waals surface area contributed by atoms with Gasteiger partial charge in [0.1, 0.15) is 4.90 Å². The Hall–Kier alpha value is -1.77. The molecule has 0 aromatic heterocycles. The van der Waals surface area contributed by atoms with Gasteiger partial charge in [-0.15, -0.1) is 0 Å². The third-order valence-corrected chi connectivity index (χ3v) is 8.21. The Morgan fingerprint density at radius 2 is 2.15 bits per heavy atom. The normalized spacial score (nSPS) is 25.3. The highest BCUT2D eigenvalue weighted by Crippen LogP contribution is 2.43. The summed E-state index contributed by atoms with van der Waals surface area (Å²) in [6.07, 6.45) is 4.06. The second-order valence-electron chi connectivity index (χ2n) is 7.21. The minimum atomic E-state index is -3.98. The van der Waals surface area contributed by atoms with Crippen molar-refractivity contribution in [3.05, 3.63) is 28.8 Å². The van der Waals surface area contributed by atoms with Crippen LogP contribution in [-0.2, 0) is 14.6 Å². The first-order valence-electron chi connectivity index (χ1n) is 8.74. The second kappa shape index (κ2) is 7.33. The second-order valence-corrected chi connectivity index (χ2v) is 10.0. The van der Waals surface area contributed by atoms with Crippen LogP contribution >= 0.6 is 11.6 Å². The molecule has 3 N–H and O–H groups in total. The SMILES string of the molecule is CC1=CCCC1NC(=O)Nc1ccc(Cl)c(S(=O)(=O)C2(C)CCOC2)c1O. The maximum Gasteiger partial charge on any atom is 0.319 e. The van der Waals surface area contributed by atoms with Gasteiger partial charge in [0.15, 0.2) is 15.6 Å². The quantitative estimate of drug-likeness (QED) is 0.518. The fraction of sp³-hybridized carbons (Fsp3) is 0.500. The fourth-order valence-electron chi connectivity index (χ4n) is 3.36. The number of ether oxygens (including phenoxy) is 1. The lowest BCUT2D eigenvalue weighted by Gasteiger charge is -2.24. The first-order chi connectivity index (χ1) is 12.7. The first kappa shape index (κ1) is 20.0. The largest absolute Gasteiger partial charge is 0.504 e. The number of aromatic hydroxyl groups is 1. The highest BCUT2D eigenvalue weighted by atomic mass is 35.5. The molecule has 1 aromatic rings. The van der Waals surface area contributed by atoms with Crippen molar-refractivity contribution in [1.29, 1.82) is 0 Å². The van der Waals surface area contributed by atoms with Crippen LogP contribution in [0, 0.1) is 0 Å². The van der Waals surface area contributed by atoms with Gasteiger partial charge in [-0.1, -0.05) is 23.3 Å². The van der Waals surface area contributed by atoms with E-state index in [0.717, 1.165) is 18.4 Å². The molecule has 2 unspecified atom stereocenters. The number of phenols is 1. The molecule has 0 spiro atoms. The molecule has 1 fully saturated rings. The highest BCUT2D eigenvalue weighted by Gasteiger charge is 2.46. The van der Waals surface area contributed by atoms with Gasteiger partial charge in [0.25, 0.3) is 0 Å². The van der Waals surface area contributed by atoms with Crippen molar-refractivity contribution in [2.75, 3.05) is 18.5 Å². The Morgan fingerprint density at radius 3 is 2.74 bits per heavy atom. The van der Waals surface area contributed by atoms with Crippen molar-refractivity contribution >= 4 is 33.2 Å². The van der Waals surface area contributed by atoms with Crippen LogP contribution < -0.4 is 10.6 Å². The van der Waals surface area contributed by atoms with E-state index in [0.29, 0.717) is 13.0 Å². The molecule has 0 bridgehead atoms. The Morgan fingerprint density at radius 1 is 1.41 bits per heavy atom. The van der Waals surface area contributed by atoms with Gasteiger partial charge in [0.05, 0.1) is 28.1 Å². The number of amides is 2. The summed E-state index contributed by atoms with van der Waals surface area (Å²) in [5, 5.41) is 15.8. The molecule has 148 valence electrons. The third-order valence-electron chi connectivity index (χ3n) is 5.21. The van der Waals surface area contributed by atoms with E-state index in [2.05, 4.69) is 16.7 Å². The van der Waals surface area contributed by atoms with E-state index >= 15 is 0 Å². The van der Waals surface area contributed by atoms with Crippen LogP contribution in [0.5, 0.6) is 5.75 Å². The predicted molar refractivity (Wildman–Crippen MR) is 103 cm³/mol. The van der Waals surface area contributed by atoms with Crippen molar-refractivity contribution in [2.24, 2.45) is 0 Å². The molecule has 1 saturated heterocycles. The number of urea groups is 1. The minimum Gasteiger partial charge on any atom is -0.504 e. The van der Waals surface area contributed by atoms with Crippen LogP contribution in [0.2, 0.25) is 5.02 Å². The van der Waals surface area contributed by atoms with Crippen LogP contribution in [0.15, 0.2) is 28.7 Å². The molecular formula is C18H23ClN2O5S. The van der Waals surface area contributed by atoms with Gasteiger partial charge in [0.2, 0.25) is 0 Å². The van der Waals surface area contributed by atoms with Crippen LogP contribution in [0.3, 0.4) is 0 Å². The number of carbonyl (C=O) groups is 1. The van der Waals surface area contributed by atoms with E-state index < -0.39 is 26.4 Å². The summed E-state index contributed by atoms with van der Waals surface area (Å²) >= 11 is 6.10. The van der Waals surface area contributed by atoms with Gasteiger partial charge in [-0.25, -0.2) is 13.2 Å². The van der Waals surface area contributed by atoms with Gasteiger partial charge in [-0.3, -0.25) is 0 Å². The van der Waals surface area contributed by atoms with Crippen LogP contribution in [-0.4, -0.2) is 43.6 Å². The zero-order valence-corrected chi connectivity index (χ0v) is 16.8. The highest BCUT2D eigenvalue weighted by molar-refractivity contribution is 7.93. The Labute approximate surface area is 163 Å². The molecule has 7 nitrogen and oxygen atoms in total. The zero-order valence-electron chi connectivity index (χ0n) is 15.2. The summed E-state index contributed by atoms with van der Waals surface area (Å²) in [5.41, 5.74) is 1.06. The lowest BCUT2D eigenvalue weighted by Crippen LogP contribution is -2.37. The van der Waals surface area contributed by atoms with E-state index in [9.17, 15) is 18.3 Å². The van der Waals surface area contributed by atoms with Gasteiger partial charge in [-0.05, 0) is 45.2 Å². The molecule has 27 heavy (non-hydrogen) atoms. The topological polar surface area (TPSA) is 105 Å². The molecular weight excluding hydrogens is 392 g/mol. The maximum atomic E-state index is 13.1. The Kier molecular flexibility index (Phi) is 5.42. The van der Waals surface area contributed by atoms with Crippen molar-refractivity contribution in [2.45, 2.75) is 48.8 Å². The molecule has 9 heteroatoms. The van der Waals surface area contributed by atoms with Crippen molar-refractivity contribution in [1.82, 2.24) is 5.32 Å². The number of hydrogen-bond donors (Lipinski definition) is 3. The molecule has 3 rings (SSSR count). The van der Waals surface area contributed by atoms with Crippen molar-refractivity contribution < 1.29 is 23.1 Å². The summed E-state index contributed by atoms with van der Waals surface area (Å²) in [5.74, 6) is -0.565. The Balaban J connectivity index is 1.87. The van der Waals surface area contributed by atoms with Gasteiger partial charge in [-0.2, -0.15) is 0 Å². The fourth-order valence-corrected chi connectivity index (χ4v) is 5.59. The molecule has 0 saturated carbocycles. The molecule has 1 aromatic carbocycles. The molecule has 2 atom stereocenters. The maximum absolute atomic E-state index is 13.1. The molecule has 2 amide bonds. The predicted octanol–water partition coefficient (Wildman–Crippen LogP) is 3.23. The summed E-state index contributed by atoms with van der Waals surface area (Å²) in [6.45, 7) is 3.85. The van der Waals surface area contributed by atoms with Crippen LogP contribution in [0.4, 0.5) is 10.5 Å². The number of allylic oxidation sites excluding steroid dienone is 1. The number of anilines is 1. The summed E-state index contributed by atoms with van der Waals surface area (Å²) < 4.78 is 30.3. The number of carbonyl (C=O) groups excluding carboxylic acids is 1. The number of benzene rings is 1. The third kappa shape index (κ3) is 3.66.